The molecule has 0 aliphatic heterocycles. The van der Waals surface area contributed by atoms with Crippen LogP contribution in [-0.4, -0.2) is 43.4 Å². The molecule has 0 aliphatic rings. The van der Waals surface area contributed by atoms with Gasteiger partial charge in [-0.1, -0.05) is 12.6 Å². The number of carbonyl (C=O) groups excluding carboxylic acids is 1. The van der Waals surface area contributed by atoms with Gasteiger partial charge < -0.3 is 19.7 Å². The van der Waals surface area contributed by atoms with Crippen LogP contribution in [0.2, 0.25) is 0 Å². The fourth-order valence-electron chi connectivity index (χ4n) is 3.07. The molecule has 0 aliphatic carbocycles. The number of aryl methyl sites for hydroxylation is 1. The van der Waals surface area contributed by atoms with Crippen LogP contribution in [0.15, 0.2) is 52.8 Å². The molecule has 2 N–H and O–H groups in total. The van der Waals surface area contributed by atoms with Crippen LogP contribution in [0.5, 0.6) is 11.5 Å². The van der Waals surface area contributed by atoms with Crippen molar-refractivity contribution >= 4 is 22.6 Å². The number of nitrogens with zero attached hydrogens (tertiary/aromatic N) is 4. The molecule has 1 aromatic carbocycles. The zero-order valence-electron chi connectivity index (χ0n) is 17.5. The van der Waals surface area contributed by atoms with E-state index in [4.69, 9.17) is 4.74 Å². The first kappa shape index (κ1) is 21.6. The van der Waals surface area contributed by atoms with E-state index in [1.165, 1.54) is 37.2 Å². The van der Waals surface area contributed by atoms with Crippen molar-refractivity contribution in [1.82, 2.24) is 24.0 Å². The van der Waals surface area contributed by atoms with Gasteiger partial charge in [-0.15, -0.1) is 0 Å². The van der Waals surface area contributed by atoms with Crippen molar-refractivity contribution in [3.8, 4) is 11.5 Å². The van der Waals surface area contributed by atoms with Gasteiger partial charge in [-0.25, -0.2) is 9.78 Å². The average Bonchev–Trinajstić information content (AvgIpc) is 3.19. The number of benzene rings is 1. The monoisotopic (exact) mass is 425 g/mol. The van der Waals surface area contributed by atoms with Crippen LogP contribution in [0.1, 0.15) is 5.56 Å². The normalized spacial score (nSPS) is 11.2. The van der Waals surface area contributed by atoms with Gasteiger partial charge >= 0.3 is 5.69 Å². The molecule has 0 fully saturated rings. The molecule has 3 rings (SSSR count). The van der Waals surface area contributed by atoms with Crippen LogP contribution >= 0.6 is 0 Å². The van der Waals surface area contributed by atoms with Gasteiger partial charge in [0, 0.05) is 33.3 Å². The molecule has 3 aromatic rings. The van der Waals surface area contributed by atoms with E-state index in [1.807, 2.05) is 0 Å². The molecular formula is C21H23N5O5. The van der Waals surface area contributed by atoms with Gasteiger partial charge in [0.1, 0.15) is 0 Å². The molecule has 0 atom stereocenters. The summed E-state index contributed by atoms with van der Waals surface area (Å²) in [5, 5.41) is 12.4. The lowest BCUT2D eigenvalue weighted by molar-refractivity contribution is -0.116. The van der Waals surface area contributed by atoms with Gasteiger partial charge in [0.2, 0.25) is 5.91 Å². The summed E-state index contributed by atoms with van der Waals surface area (Å²) in [6.07, 6.45) is 4.36. The molecule has 1 amide bonds. The molecule has 0 radical (unpaired) electrons. The Morgan fingerprint density at radius 2 is 2.00 bits per heavy atom. The second-order valence-electron chi connectivity index (χ2n) is 6.85. The maximum atomic E-state index is 12.4. The first-order valence-corrected chi connectivity index (χ1v) is 9.37. The van der Waals surface area contributed by atoms with E-state index in [2.05, 4.69) is 16.9 Å². The van der Waals surface area contributed by atoms with Gasteiger partial charge in [0.05, 0.1) is 13.4 Å². The number of phenolic OH excluding ortho intramolecular Hbond substituents is 1. The highest BCUT2D eigenvalue weighted by Crippen LogP contribution is 2.29. The molecule has 31 heavy (non-hydrogen) atoms. The van der Waals surface area contributed by atoms with Crippen LogP contribution in [0, 0.1) is 0 Å². The number of ether oxygens (including phenoxy) is 1. The third kappa shape index (κ3) is 4.27. The van der Waals surface area contributed by atoms with Crippen molar-refractivity contribution in [1.29, 1.82) is 0 Å². The Morgan fingerprint density at radius 3 is 2.71 bits per heavy atom. The maximum Gasteiger partial charge on any atom is 0.332 e. The highest BCUT2D eigenvalue weighted by atomic mass is 16.5. The summed E-state index contributed by atoms with van der Waals surface area (Å²) in [5.74, 6) is -0.00739. The fourth-order valence-corrected chi connectivity index (χ4v) is 3.07. The van der Waals surface area contributed by atoms with Gasteiger partial charge in [0.25, 0.3) is 5.56 Å². The number of rotatable bonds is 7. The lowest BCUT2D eigenvalue weighted by Crippen LogP contribution is -2.37. The van der Waals surface area contributed by atoms with E-state index in [0.717, 1.165) is 4.57 Å². The van der Waals surface area contributed by atoms with Crippen LogP contribution in [0.25, 0.3) is 16.7 Å². The number of hydrogen-bond donors (Lipinski definition) is 2. The molecule has 0 spiro atoms. The summed E-state index contributed by atoms with van der Waals surface area (Å²) in [6, 6.07) is 4.78. The number of hydrogen-bond acceptors (Lipinski definition) is 6. The molecule has 10 nitrogen and oxygen atoms in total. The van der Waals surface area contributed by atoms with Crippen LogP contribution in [-0.2, 0) is 25.4 Å². The van der Waals surface area contributed by atoms with Crippen molar-refractivity contribution in [3.05, 3.63) is 69.7 Å². The molecular weight excluding hydrogens is 402 g/mol. The predicted molar refractivity (Wildman–Crippen MR) is 116 cm³/mol. The number of nitrogens with one attached hydrogen (secondary N) is 1. The largest absolute Gasteiger partial charge is 0.504 e. The first-order valence-electron chi connectivity index (χ1n) is 9.37. The number of allylic oxidation sites excluding steroid dienone is 2. The molecule has 2 aromatic heterocycles. The van der Waals surface area contributed by atoms with Crippen LogP contribution in [0.3, 0.4) is 0 Å². The van der Waals surface area contributed by atoms with Crippen molar-refractivity contribution in [2.45, 2.75) is 6.54 Å². The summed E-state index contributed by atoms with van der Waals surface area (Å²) < 4.78 is 8.99. The molecule has 0 saturated heterocycles. The Bertz CT molecular complexity index is 1310. The Labute approximate surface area is 177 Å². The summed E-state index contributed by atoms with van der Waals surface area (Å²) in [7, 11) is 4.40. The number of phenols is 1. The number of methoxy groups -OCH3 is 1. The Morgan fingerprint density at radius 1 is 1.26 bits per heavy atom. The van der Waals surface area contributed by atoms with Crippen molar-refractivity contribution in [2.75, 3.05) is 13.7 Å². The summed E-state index contributed by atoms with van der Waals surface area (Å²) in [4.78, 5) is 40.7. The smallest absolute Gasteiger partial charge is 0.332 e. The Kier molecular flexibility index (Phi) is 6.10. The average molecular weight is 425 g/mol. The van der Waals surface area contributed by atoms with Gasteiger partial charge in [-0.2, -0.15) is 0 Å². The van der Waals surface area contributed by atoms with E-state index >= 15 is 0 Å². The number of aromatic nitrogens is 4. The Balaban J connectivity index is 1.64. The topological polar surface area (TPSA) is 120 Å². The molecule has 0 unspecified atom stereocenters. The third-order valence-corrected chi connectivity index (χ3v) is 4.86. The minimum absolute atomic E-state index is 0.0164. The van der Waals surface area contributed by atoms with Gasteiger partial charge in [0.15, 0.2) is 22.7 Å². The molecule has 2 heterocycles. The van der Waals surface area contributed by atoms with E-state index in [1.54, 1.807) is 29.8 Å². The minimum Gasteiger partial charge on any atom is -0.504 e. The molecule has 10 heteroatoms. The summed E-state index contributed by atoms with van der Waals surface area (Å²) in [6.45, 7) is 4.46. The molecule has 0 saturated carbocycles. The number of fused-ring (bicyclic) bond motifs is 1. The van der Waals surface area contributed by atoms with E-state index in [9.17, 15) is 19.5 Å². The minimum atomic E-state index is -0.451. The second kappa shape index (κ2) is 8.74. The van der Waals surface area contributed by atoms with Crippen LogP contribution in [0.4, 0.5) is 0 Å². The molecule has 162 valence electrons. The lowest BCUT2D eigenvalue weighted by Gasteiger charge is -2.08. The van der Waals surface area contributed by atoms with Crippen LogP contribution < -0.4 is 21.3 Å². The maximum absolute atomic E-state index is 12.4. The molecule has 0 bridgehead atoms. The Hall–Kier alpha value is -4.08. The lowest BCUT2D eigenvalue weighted by atomic mass is 10.1. The van der Waals surface area contributed by atoms with Crippen molar-refractivity contribution in [2.24, 2.45) is 14.1 Å². The number of amides is 1. The zero-order valence-corrected chi connectivity index (χ0v) is 17.5. The number of carbonyl (C=O) groups is 1. The van der Waals surface area contributed by atoms with Gasteiger partial charge in [-0.05, 0) is 29.3 Å². The van der Waals surface area contributed by atoms with Gasteiger partial charge in [-0.3, -0.25) is 18.7 Å². The SMILES string of the molecule is C=C(/C=C/C(=O)NCCn1cnc2c1c(=O)n(C)c(=O)n2C)c1ccc(O)c(OC)c1. The summed E-state index contributed by atoms with van der Waals surface area (Å²) in [5.41, 5.74) is 0.961. The summed E-state index contributed by atoms with van der Waals surface area (Å²) >= 11 is 0. The highest BCUT2D eigenvalue weighted by molar-refractivity contribution is 5.90. The second-order valence-corrected chi connectivity index (χ2v) is 6.85. The van der Waals surface area contributed by atoms with Crippen molar-refractivity contribution < 1.29 is 14.6 Å². The van der Waals surface area contributed by atoms with Crippen molar-refractivity contribution in [3.63, 3.8) is 0 Å². The number of aromatic hydroxyl groups is 1. The van der Waals surface area contributed by atoms with E-state index in [-0.39, 0.29) is 18.2 Å². The van der Waals surface area contributed by atoms with E-state index in [0.29, 0.717) is 34.6 Å². The zero-order chi connectivity index (χ0) is 22.7. The predicted octanol–water partition coefficient (Wildman–Crippen LogP) is 0.534. The number of imidazole rings is 1. The highest BCUT2D eigenvalue weighted by Gasteiger charge is 2.14. The standard InChI is InChI=1S/C21H23N5O5/c1-13(14-6-7-15(27)16(11-14)31-4)5-8-17(28)22-9-10-26-12-23-19-18(26)20(29)25(3)21(30)24(19)2/h5-8,11-12,27H,1,9-10H2,2-4H3,(H,22,28)/b8-5+. The first-order chi connectivity index (χ1) is 14.7. The quantitative estimate of drug-likeness (QED) is 0.421. The van der Waals surface area contributed by atoms with E-state index < -0.39 is 11.2 Å². The fraction of sp³-hybridized carbons (Fsp3) is 0.238. The third-order valence-electron chi connectivity index (χ3n) is 4.86.